The minimum Gasteiger partial charge on any atom is -0.493 e. The molecule has 0 spiro atoms. The van der Waals surface area contributed by atoms with Gasteiger partial charge in [-0.05, 0) is 55.7 Å². The largest absolute Gasteiger partial charge is 0.493 e. The number of methoxy groups -OCH3 is 3. The first-order chi connectivity index (χ1) is 14.6. The topological polar surface area (TPSA) is 73.3 Å². The SMILES string of the molecule is CCNC(=NCc1ccc(OCC)c(OC)c1)NCCc1ccc(OC)c(OC)c1. The fraction of sp³-hybridized carbons (Fsp3) is 0.435. The lowest BCUT2D eigenvalue weighted by Crippen LogP contribution is -2.38. The first-order valence-electron chi connectivity index (χ1n) is 10.2. The maximum absolute atomic E-state index is 5.57. The summed E-state index contributed by atoms with van der Waals surface area (Å²) < 4.78 is 21.7. The van der Waals surface area contributed by atoms with Crippen LogP contribution in [0.3, 0.4) is 0 Å². The monoisotopic (exact) mass is 415 g/mol. The summed E-state index contributed by atoms with van der Waals surface area (Å²) in [6.07, 6.45) is 0.835. The molecule has 0 aliphatic carbocycles. The highest BCUT2D eigenvalue weighted by molar-refractivity contribution is 5.79. The number of ether oxygens (including phenoxy) is 4. The molecular weight excluding hydrogens is 382 g/mol. The van der Waals surface area contributed by atoms with Gasteiger partial charge in [0.15, 0.2) is 29.0 Å². The van der Waals surface area contributed by atoms with Gasteiger partial charge in [0.2, 0.25) is 0 Å². The standard InChI is InChI=1S/C23H33N3O4/c1-6-24-23(25-13-12-17-8-10-19(27-3)21(14-17)28-4)26-16-18-9-11-20(30-7-2)22(15-18)29-5/h8-11,14-15H,6-7,12-13,16H2,1-5H3,(H2,24,25,26). The van der Waals surface area contributed by atoms with E-state index in [2.05, 4.69) is 15.6 Å². The van der Waals surface area contributed by atoms with Crippen molar-refractivity contribution in [3.05, 3.63) is 47.5 Å². The minimum atomic E-state index is 0.536. The Bertz CT molecular complexity index is 824. The van der Waals surface area contributed by atoms with Crippen LogP contribution in [-0.2, 0) is 13.0 Å². The predicted molar refractivity (Wildman–Crippen MR) is 120 cm³/mol. The first-order valence-corrected chi connectivity index (χ1v) is 10.2. The summed E-state index contributed by atoms with van der Waals surface area (Å²) in [7, 11) is 4.93. The van der Waals surface area contributed by atoms with E-state index in [0.29, 0.717) is 13.2 Å². The van der Waals surface area contributed by atoms with Crippen molar-refractivity contribution in [3.63, 3.8) is 0 Å². The van der Waals surface area contributed by atoms with Gasteiger partial charge in [-0.2, -0.15) is 0 Å². The van der Waals surface area contributed by atoms with Crippen molar-refractivity contribution < 1.29 is 18.9 Å². The number of benzene rings is 2. The molecule has 2 N–H and O–H groups in total. The summed E-state index contributed by atoms with van der Waals surface area (Å²) in [5, 5.41) is 6.66. The van der Waals surface area contributed by atoms with Crippen LogP contribution in [0.5, 0.6) is 23.0 Å². The van der Waals surface area contributed by atoms with E-state index in [1.165, 1.54) is 0 Å². The fourth-order valence-electron chi connectivity index (χ4n) is 2.96. The molecule has 0 radical (unpaired) electrons. The van der Waals surface area contributed by atoms with Crippen LogP contribution in [0.15, 0.2) is 41.4 Å². The van der Waals surface area contributed by atoms with Gasteiger partial charge in [-0.15, -0.1) is 0 Å². The average Bonchev–Trinajstić information content (AvgIpc) is 2.78. The maximum Gasteiger partial charge on any atom is 0.191 e. The lowest BCUT2D eigenvalue weighted by molar-refractivity contribution is 0.310. The highest BCUT2D eigenvalue weighted by Crippen LogP contribution is 2.28. The van der Waals surface area contributed by atoms with Crippen LogP contribution in [-0.4, -0.2) is 47.0 Å². The molecule has 30 heavy (non-hydrogen) atoms. The van der Waals surface area contributed by atoms with Crippen molar-refractivity contribution in [2.45, 2.75) is 26.8 Å². The van der Waals surface area contributed by atoms with E-state index in [1.54, 1.807) is 21.3 Å². The molecule has 2 rings (SSSR count). The van der Waals surface area contributed by atoms with Gasteiger partial charge in [-0.25, -0.2) is 4.99 Å². The molecule has 0 saturated carbocycles. The van der Waals surface area contributed by atoms with E-state index in [4.69, 9.17) is 18.9 Å². The normalized spacial score (nSPS) is 11.0. The van der Waals surface area contributed by atoms with Crippen LogP contribution < -0.4 is 29.6 Å². The van der Waals surface area contributed by atoms with Crippen LogP contribution in [0.4, 0.5) is 0 Å². The van der Waals surface area contributed by atoms with Gasteiger partial charge in [0.1, 0.15) is 0 Å². The van der Waals surface area contributed by atoms with Crippen LogP contribution >= 0.6 is 0 Å². The zero-order valence-electron chi connectivity index (χ0n) is 18.6. The van der Waals surface area contributed by atoms with Crippen LogP contribution in [0.25, 0.3) is 0 Å². The molecule has 2 aromatic rings. The number of nitrogens with one attached hydrogen (secondary N) is 2. The van der Waals surface area contributed by atoms with E-state index in [1.807, 2.05) is 50.2 Å². The lowest BCUT2D eigenvalue weighted by Gasteiger charge is -2.13. The molecule has 0 bridgehead atoms. The summed E-state index contributed by atoms with van der Waals surface area (Å²) >= 11 is 0. The number of guanidine groups is 1. The molecule has 0 saturated heterocycles. The van der Waals surface area contributed by atoms with Gasteiger partial charge in [0.25, 0.3) is 0 Å². The second-order valence-electron chi connectivity index (χ2n) is 6.48. The van der Waals surface area contributed by atoms with Crippen molar-refractivity contribution in [3.8, 4) is 23.0 Å². The highest BCUT2D eigenvalue weighted by atomic mass is 16.5. The van der Waals surface area contributed by atoms with Crippen molar-refractivity contribution in [2.24, 2.45) is 4.99 Å². The maximum atomic E-state index is 5.57. The van der Waals surface area contributed by atoms with E-state index >= 15 is 0 Å². The molecule has 0 fully saturated rings. The molecule has 0 aliphatic heterocycles. The smallest absolute Gasteiger partial charge is 0.191 e. The Kier molecular flexibility index (Phi) is 9.64. The Morgan fingerprint density at radius 1 is 0.800 bits per heavy atom. The summed E-state index contributed by atoms with van der Waals surface area (Å²) in [4.78, 5) is 4.68. The number of aliphatic imine (C=N–C) groups is 1. The Balaban J connectivity index is 1.98. The van der Waals surface area contributed by atoms with Gasteiger partial charge >= 0.3 is 0 Å². The molecule has 0 amide bonds. The highest BCUT2D eigenvalue weighted by Gasteiger charge is 2.07. The van der Waals surface area contributed by atoms with Gasteiger partial charge < -0.3 is 29.6 Å². The molecule has 0 aliphatic rings. The summed E-state index contributed by atoms with van der Waals surface area (Å²) in [5.74, 6) is 3.70. The second-order valence-corrected chi connectivity index (χ2v) is 6.48. The molecule has 2 aromatic carbocycles. The third kappa shape index (κ3) is 6.76. The third-order valence-corrected chi connectivity index (χ3v) is 4.45. The molecule has 7 heteroatoms. The van der Waals surface area contributed by atoms with Gasteiger partial charge in [-0.1, -0.05) is 12.1 Å². The molecule has 0 aromatic heterocycles. The van der Waals surface area contributed by atoms with Crippen molar-refractivity contribution in [1.29, 1.82) is 0 Å². The van der Waals surface area contributed by atoms with Gasteiger partial charge in [-0.3, -0.25) is 0 Å². The number of nitrogens with zero attached hydrogens (tertiary/aromatic N) is 1. The summed E-state index contributed by atoms with van der Waals surface area (Å²) in [5.41, 5.74) is 2.21. The second kappa shape index (κ2) is 12.5. The zero-order chi connectivity index (χ0) is 21.8. The van der Waals surface area contributed by atoms with Gasteiger partial charge in [0.05, 0.1) is 34.5 Å². The lowest BCUT2D eigenvalue weighted by atomic mass is 10.1. The molecule has 0 heterocycles. The fourth-order valence-corrected chi connectivity index (χ4v) is 2.96. The van der Waals surface area contributed by atoms with Crippen LogP contribution in [0.1, 0.15) is 25.0 Å². The number of hydrogen-bond donors (Lipinski definition) is 2. The Hall–Kier alpha value is -3.09. The molecular formula is C23H33N3O4. The first kappa shape index (κ1) is 23.2. The zero-order valence-corrected chi connectivity index (χ0v) is 18.6. The summed E-state index contributed by atoms with van der Waals surface area (Å²) in [6.45, 7) is 6.67. The van der Waals surface area contributed by atoms with E-state index in [0.717, 1.165) is 59.6 Å². The van der Waals surface area contributed by atoms with Crippen molar-refractivity contribution >= 4 is 5.96 Å². The predicted octanol–water partition coefficient (Wildman–Crippen LogP) is 3.41. The third-order valence-electron chi connectivity index (χ3n) is 4.45. The molecule has 164 valence electrons. The Labute approximate surface area is 179 Å². The Morgan fingerprint density at radius 2 is 1.43 bits per heavy atom. The van der Waals surface area contributed by atoms with Crippen molar-refractivity contribution in [1.82, 2.24) is 10.6 Å². The van der Waals surface area contributed by atoms with Gasteiger partial charge in [0, 0.05) is 13.1 Å². The number of rotatable bonds is 11. The van der Waals surface area contributed by atoms with Crippen LogP contribution in [0, 0.1) is 0 Å². The van der Waals surface area contributed by atoms with Crippen molar-refractivity contribution in [2.75, 3.05) is 41.0 Å². The average molecular weight is 416 g/mol. The Morgan fingerprint density at radius 3 is 2.10 bits per heavy atom. The number of hydrogen-bond acceptors (Lipinski definition) is 5. The summed E-state index contributed by atoms with van der Waals surface area (Å²) in [6, 6.07) is 11.8. The van der Waals surface area contributed by atoms with E-state index in [9.17, 15) is 0 Å². The van der Waals surface area contributed by atoms with E-state index in [-0.39, 0.29) is 0 Å². The molecule has 7 nitrogen and oxygen atoms in total. The molecule has 0 atom stereocenters. The van der Waals surface area contributed by atoms with E-state index < -0.39 is 0 Å². The molecule has 0 unspecified atom stereocenters. The van der Waals surface area contributed by atoms with Crippen LogP contribution in [0.2, 0.25) is 0 Å². The quantitative estimate of drug-likeness (QED) is 0.433. The minimum absolute atomic E-state index is 0.536.